The van der Waals surface area contributed by atoms with Gasteiger partial charge in [-0.3, -0.25) is 0 Å². The van der Waals surface area contributed by atoms with Crippen LogP contribution in [0.25, 0.3) is 0 Å². The summed E-state index contributed by atoms with van der Waals surface area (Å²) in [5.74, 6) is 1.95. The number of hydrogen-bond acceptors (Lipinski definition) is 1. The van der Waals surface area contributed by atoms with Crippen LogP contribution in [0.15, 0.2) is 22.8 Å². The van der Waals surface area contributed by atoms with E-state index >= 15 is 0 Å². The van der Waals surface area contributed by atoms with E-state index in [0.29, 0.717) is 12.5 Å². The minimum atomic E-state index is 0.298. The van der Waals surface area contributed by atoms with Gasteiger partial charge in [0.05, 0.1) is 0 Å². The van der Waals surface area contributed by atoms with E-state index in [-0.39, 0.29) is 0 Å². The molecule has 0 bridgehead atoms. The number of fused-ring (bicyclic) bond motifs is 1. The first-order valence-corrected chi connectivity index (χ1v) is 6.64. The molecule has 0 fully saturated rings. The summed E-state index contributed by atoms with van der Waals surface area (Å²) in [6, 6.07) is 0. The lowest BCUT2D eigenvalue weighted by atomic mass is 9.68. The van der Waals surface area contributed by atoms with Crippen molar-refractivity contribution in [2.24, 2.45) is 17.8 Å². The quantitative estimate of drug-likeness (QED) is 0.752. The summed E-state index contributed by atoms with van der Waals surface area (Å²) >= 11 is 0. The number of allylic oxidation sites excluding steroid dienone is 3. The Morgan fingerprint density at radius 1 is 1.38 bits per heavy atom. The Balaban J connectivity index is 2.38. The van der Waals surface area contributed by atoms with Gasteiger partial charge in [-0.05, 0) is 50.0 Å². The van der Waals surface area contributed by atoms with Gasteiger partial charge in [0.15, 0.2) is 0 Å². The molecule has 0 spiro atoms. The number of hydrogen-bond donors (Lipinski definition) is 1. The molecule has 3 atom stereocenters. The van der Waals surface area contributed by atoms with Gasteiger partial charge in [0.1, 0.15) is 0 Å². The highest BCUT2D eigenvalue weighted by molar-refractivity contribution is 5.36. The number of aliphatic hydroxyl groups excluding tert-OH is 1. The molecule has 0 saturated heterocycles. The summed E-state index contributed by atoms with van der Waals surface area (Å²) in [6.07, 6.45) is 7.49. The van der Waals surface area contributed by atoms with Crippen molar-refractivity contribution in [2.75, 3.05) is 6.61 Å². The van der Waals surface area contributed by atoms with Crippen LogP contribution in [0.5, 0.6) is 0 Å². The predicted molar refractivity (Wildman–Crippen MR) is 68.2 cm³/mol. The highest BCUT2D eigenvalue weighted by atomic mass is 16.3. The smallest absolute Gasteiger partial charge is 0.0494 e. The van der Waals surface area contributed by atoms with Crippen LogP contribution in [0.1, 0.15) is 46.5 Å². The van der Waals surface area contributed by atoms with Crippen LogP contribution in [-0.4, -0.2) is 11.7 Å². The Morgan fingerprint density at radius 3 is 2.81 bits per heavy atom. The van der Waals surface area contributed by atoms with Crippen molar-refractivity contribution in [1.82, 2.24) is 0 Å². The molecule has 0 amide bonds. The van der Waals surface area contributed by atoms with E-state index in [1.807, 2.05) is 0 Å². The first-order chi connectivity index (χ1) is 7.63. The molecule has 1 heteroatoms. The van der Waals surface area contributed by atoms with Crippen molar-refractivity contribution in [3.63, 3.8) is 0 Å². The van der Waals surface area contributed by atoms with E-state index in [0.717, 1.165) is 11.8 Å². The third-order valence-electron chi connectivity index (χ3n) is 4.45. The summed E-state index contributed by atoms with van der Waals surface area (Å²) in [4.78, 5) is 0. The summed E-state index contributed by atoms with van der Waals surface area (Å²) < 4.78 is 0. The van der Waals surface area contributed by atoms with Crippen LogP contribution >= 0.6 is 0 Å². The first-order valence-electron chi connectivity index (χ1n) is 6.64. The zero-order valence-corrected chi connectivity index (χ0v) is 10.8. The zero-order valence-electron chi connectivity index (χ0n) is 10.8. The first kappa shape index (κ1) is 11.9. The average molecular weight is 220 g/mol. The summed E-state index contributed by atoms with van der Waals surface area (Å²) in [5, 5.41) is 9.35. The highest BCUT2D eigenvalue weighted by Gasteiger charge is 2.31. The summed E-state index contributed by atoms with van der Waals surface area (Å²) in [5.41, 5.74) is 4.62. The lowest BCUT2D eigenvalue weighted by Crippen LogP contribution is -2.25. The van der Waals surface area contributed by atoms with Gasteiger partial charge in [-0.1, -0.05) is 31.1 Å². The zero-order chi connectivity index (χ0) is 11.7. The fourth-order valence-corrected chi connectivity index (χ4v) is 3.28. The second kappa shape index (κ2) is 4.75. The lowest BCUT2D eigenvalue weighted by Gasteiger charge is -2.37. The molecule has 0 saturated carbocycles. The fourth-order valence-electron chi connectivity index (χ4n) is 3.28. The molecule has 2 aliphatic carbocycles. The van der Waals surface area contributed by atoms with E-state index in [1.165, 1.54) is 36.8 Å². The molecule has 3 unspecified atom stereocenters. The van der Waals surface area contributed by atoms with Crippen molar-refractivity contribution in [1.29, 1.82) is 0 Å². The Labute approximate surface area is 99.3 Å². The molecule has 0 heterocycles. The molecule has 0 aromatic carbocycles. The molecule has 16 heavy (non-hydrogen) atoms. The Bertz CT molecular complexity index is 324. The summed E-state index contributed by atoms with van der Waals surface area (Å²) in [7, 11) is 0. The molecule has 90 valence electrons. The lowest BCUT2D eigenvalue weighted by molar-refractivity contribution is 0.242. The minimum Gasteiger partial charge on any atom is -0.396 e. The molecule has 1 N–H and O–H groups in total. The van der Waals surface area contributed by atoms with Gasteiger partial charge in [0.2, 0.25) is 0 Å². The molecule has 0 aliphatic heterocycles. The van der Waals surface area contributed by atoms with Gasteiger partial charge in [-0.2, -0.15) is 0 Å². The molecule has 0 aromatic heterocycles. The van der Waals surface area contributed by atoms with Crippen LogP contribution in [0.3, 0.4) is 0 Å². The Morgan fingerprint density at radius 2 is 2.12 bits per heavy atom. The second-order valence-electron chi connectivity index (χ2n) is 5.72. The largest absolute Gasteiger partial charge is 0.396 e. The maximum atomic E-state index is 9.35. The van der Waals surface area contributed by atoms with Gasteiger partial charge in [-0.25, -0.2) is 0 Å². The standard InChI is InChI=1S/C15H24O/c1-10-4-6-13-11(2)5-7-14(12(3)9-16)15(13)8-10/h8,11-13,16H,4-7,9H2,1-3H3. The van der Waals surface area contributed by atoms with Gasteiger partial charge in [0.25, 0.3) is 0 Å². The Hall–Kier alpha value is -0.560. The van der Waals surface area contributed by atoms with Gasteiger partial charge >= 0.3 is 0 Å². The third-order valence-corrected chi connectivity index (χ3v) is 4.45. The van der Waals surface area contributed by atoms with E-state index in [4.69, 9.17) is 0 Å². The molecule has 1 nitrogen and oxygen atoms in total. The molecular weight excluding hydrogens is 196 g/mol. The monoisotopic (exact) mass is 220 g/mol. The molecule has 0 aromatic rings. The van der Waals surface area contributed by atoms with Gasteiger partial charge < -0.3 is 5.11 Å². The van der Waals surface area contributed by atoms with Crippen molar-refractivity contribution in [3.05, 3.63) is 22.8 Å². The highest BCUT2D eigenvalue weighted by Crippen LogP contribution is 2.43. The fraction of sp³-hybridized carbons (Fsp3) is 0.733. The van der Waals surface area contributed by atoms with Gasteiger partial charge in [0, 0.05) is 12.5 Å². The van der Waals surface area contributed by atoms with Gasteiger partial charge in [-0.15, -0.1) is 0 Å². The molecule has 2 rings (SSSR count). The van der Waals surface area contributed by atoms with Crippen molar-refractivity contribution >= 4 is 0 Å². The van der Waals surface area contributed by atoms with Crippen LogP contribution in [0.4, 0.5) is 0 Å². The Kier molecular flexibility index (Phi) is 3.53. The van der Waals surface area contributed by atoms with Crippen LogP contribution in [0.2, 0.25) is 0 Å². The predicted octanol–water partition coefficient (Wildman–Crippen LogP) is 3.70. The average Bonchev–Trinajstić information content (AvgIpc) is 2.28. The second-order valence-corrected chi connectivity index (χ2v) is 5.72. The molecular formula is C15H24O. The van der Waals surface area contributed by atoms with E-state index in [2.05, 4.69) is 26.8 Å². The van der Waals surface area contributed by atoms with Crippen molar-refractivity contribution < 1.29 is 5.11 Å². The van der Waals surface area contributed by atoms with Crippen molar-refractivity contribution in [2.45, 2.75) is 46.5 Å². The molecule has 0 radical (unpaired) electrons. The van der Waals surface area contributed by atoms with E-state index in [9.17, 15) is 5.11 Å². The third kappa shape index (κ3) is 2.10. The number of aliphatic hydroxyl groups is 1. The number of rotatable bonds is 2. The van der Waals surface area contributed by atoms with Crippen LogP contribution < -0.4 is 0 Å². The van der Waals surface area contributed by atoms with Crippen LogP contribution in [-0.2, 0) is 0 Å². The summed E-state index contributed by atoms with van der Waals surface area (Å²) in [6.45, 7) is 7.09. The normalized spacial score (nSPS) is 32.1. The maximum absolute atomic E-state index is 9.35. The topological polar surface area (TPSA) is 20.2 Å². The van der Waals surface area contributed by atoms with E-state index in [1.54, 1.807) is 5.57 Å². The van der Waals surface area contributed by atoms with E-state index < -0.39 is 0 Å². The maximum Gasteiger partial charge on any atom is 0.0494 e. The van der Waals surface area contributed by atoms with Crippen molar-refractivity contribution in [3.8, 4) is 0 Å². The van der Waals surface area contributed by atoms with Crippen LogP contribution in [0, 0.1) is 17.8 Å². The molecule has 2 aliphatic rings. The SMILES string of the molecule is CC1=CC2=C(C(C)CO)CCC(C)C2CC1. The minimum absolute atomic E-state index is 0.298.